The fraction of sp³-hybridized carbons (Fsp3) is 0.308. The lowest BCUT2D eigenvalue weighted by Gasteiger charge is -2.05. The molecule has 1 rings (SSSR count). The van der Waals surface area contributed by atoms with Crippen LogP contribution in [0.5, 0.6) is 0 Å². The molecule has 0 unspecified atom stereocenters. The number of hydrogen-bond donors (Lipinski definition) is 1. The van der Waals surface area contributed by atoms with Gasteiger partial charge in [0.05, 0.1) is 12.2 Å². The normalized spacial score (nSPS) is 11.5. The molecule has 0 amide bonds. The third kappa shape index (κ3) is 6.05. The van der Waals surface area contributed by atoms with Gasteiger partial charge in [0.25, 0.3) is 0 Å². The molecule has 0 aromatic heterocycles. The second-order valence-corrected chi connectivity index (χ2v) is 5.81. The molecule has 6 heteroatoms. The van der Waals surface area contributed by atoms with Crippen molar-refractivity contribution >= 4 is 21.5 Å². The maximum atomic E-state index is 11.4. The largest absolute Gasteiger partial charge is 0.462 e. The summed E-state index contributed by atoms with van der Waals surface area (Å²) in [5.74, 6) is -0.356. The molecule has 1 N–H and O–H groups in total. The maximum Gasteiger partial charge on any atom is 0.338 e. The first kappa shape index (κ1) is 15.2. The van der Waals surface area contributed by atoms with Crippen molar-refractivity contribution in [2.45, 2.75) is 6.92 Å². The summed E-state index contributed by atoms with van der Waals surface area (Å²) in [6.07, 6.45) is 2.66. The van der Waals surface area contributed by atoms with Gasteiger partial charge in [0.1, 0.15) is 0 Å². The fourth-order valence-electron chi connectivity index (χ4n) is 1.34. The van der Waals surface area contributed by atoms with Crippen molar-refractivity contribution in [3.8, 4) is 0 Å². The highest BCUT2D eigenvalue weighted by atomic mass is 32.2. The van der Waals surface area contributed by atoms with E-state index in [2.05, 4.69) is 5.32 Å². The van der Waals surface area contributed by atoms with Gasteiger partial charge in [-0.1, -0.05) is 6.08 Å². The average molecular weight is 283 g/mol. The average Bonchev–Trinajstić information content (AvgIpc) is 2.34. The van der Waals surface area contributed by atoms with E-state index in [1.165, 1.54) is 6.08 Å². The third-order valence-electron chi connectivity index (χ3n) is 2.16. The second-order valence-electron chi connectivity index (χ2n) is 3.88. The molecule has 0 bridgehead atoms. The molecule has 0 saturated heterocycles. The Labute approximate surface area is 113 Å². The summed E-state index contributed by atoms with van der Waals surface area (Å²) >= 11 is 0. The summed E-state index contributed by atoms with van der Waals surface area (Å²) in [4.78, 5) is 11.4. The van der Waals surface area contributed by atoms with Crippen LogP contribution in [0.2, 0.25) is 0 Å². The fourth-order valence-corrected chi connectivity index (χ4v) is 1.78. The number of benzene rings is 1. The summed E-state index contributed by atoms with van der Waals surface area (Å²) in [7, 11) is -3.08. The highest BCUT2D eigenvalue weighted by Gasteiger charge is 2.04. The first-order valence-corrected chi connectivity index (χ1v) is 7.75. The van der Waals surface area contributed by atoms with Gasteiger partial charge in [-0.05, 0) is 31.2 Å². The van der Waals surface area contributed by atoms with Crippen LogP contribution < -0.4 is 5.32 Å². The van der Waals surface area contributed by atoms with Gasteiger partial charge < -0.3 is 10.1 Å². The second kappa shape index (κ2) is 6.94. The predicted molar refractivity (Wildman–Crippen MR) is 74.9 cm³/mol. The molecule has 0 spiro atoms. The molecule has 0 fully saturated rings. The first-order chi connectivity index (χ1) is 8.92. The molecular weight excluding hydrogens is 266 g/mol. The lowest BCUT2D eigenvalue weighted by Crippen LogP contribution is -2.05. The SMILES string of the molecule is CCOC(=O)c1ccc(NCC=CS(C)(=O)=O)cc1. The Bertz CT molecular complexity index is 547. The maximum absolute atomic E-state index is 11.4. The van der Waals surface area contributed by atoms with Crippen LogP contribution in [-0.4, -0.2) is 33.8 Å². The summed E-state index contributed by atoms with van der Waals surface area (Å²) in [6.45, 7) is 2.49. The predicted octanol–water partition coefficient (Wildman–Crippen LogP) is 1.83. The molecule has 5 nitrogen and oxygen atoms in total. The van der Waals surface area contributed by atoms with E-state index in [0.29, 0.717) is 18.7 Å². The van der Waals surface area contributed by atoms with E-state index in [9.17, 15) is 13.2 Å². The Hall–Kier alpha value is -1.82. The molecule has 104 valence electrons. The smallest absolute Gasteiger partial charge is 0.338 e. The molecule has 0 aliphatic rings. The van der Waals surface area contributed by atoms with Gasteiger partial charge in [-0.3, -0.25) is 0 Å². The van der Waals surface area contributed by atoms with Crippen molar-refractivity contribution in [1.29, 1.82) is 0 Å². The van der Waals surface area contributed by atoms with Crippen LogP contribution in [0.3, 0.4) is 0 Å². The number of hydrogen-bond acceptors (Lipinski definition) is 5. The Morgan fingerprint density at radius 1 is 1.32 bits per heavy atom. The van der Waals surface area contributed by atoms with Crippen molar-refractivity contribution in [2.24, 2.45) is 0 Å². The molecule has 0 atom stereocenters. The molecule has 0 saturated carbocycles. The van der Waals surface area contributed by atoms with Crippen molar-refractivity contribution in [3.05, 3.63) is 41.3 Å². The number of anilines is 1. The molecule has 0 heterocycles. The van der Waals surface area contributed by atoms with E-state index < -0.39 is 9.84 Å². The summed E-state index contributed by atoms with van der Waals surface area (Å²) in [5.41, 5.74) is 1.28. The zero-order valence-electron chi connectivity index (χ0n) is 10.9. The standard InChI is InChI=1S/C13H17NO4S/c1-3-18-13(15)11-5-7-12(8-6-11)14-9-4-10-19(2,16)17/h4-8,10,14H,3,9H2,1-2H3. The van der Waals surface area contributed by atoms with Crippen molar-refractivity contribution in [3.63, 3.8) is 0 Å². The van der Waals surface area contributed by atoms with Crippen LogP contribution in [0, 0.1) is 0 Å². The van der Waals surface area contributed by atoms with E-state index in [0.717, 1.165) is 17.4 Å². The van der Waals surface area contributed by atoms with E-state index in [4.69, 9.17) is 4.74 Å². The number of ether oxygens (including phenoxy) is 1. The Kier molecular flexibility index (Phi) is 5.57. The molecule has 0 radical (unpaired) electrons. The molecular formula is C13H17NO4S. The minimum Gasteiger partial charge on any atom is -0.462 e. The van der Waals surface area contributed by atoms with Gasteiger partial charge in [0.2, 0.25) is 0 Å². The summed E-state index contributed by atoms with van der Waals surface area (Å²) in [6, 6.07) is 6.78. The van der Waals surface area contributed by atoms with Gasteiger partial charge in [0, 0.05) is 23.9 Å². The van der Waals surface area contributed by atoms with Gasteiger partial charge in [0.15, 0.2) is 9.84 Å². The van der Waals surface area contributed by atoms with Crippen molar-refractivity contribution < 1.29 is 17.9 Å². The number of carbonyl (C=O) groups excluding carboxylic acids is 1. The molecule has 19 heavy (non-hydrogen) atoms. The van der Waals surface area contributed by atoms with Gasteiger partial charge >= 0.3 is 5.97 Å². The zero-order valence-corrected chi connectivity index (χ0v) is 11.7. The lowest BCUT2D eigenvalue weighted by atomic mass is 10.2. The first-order valence-electron chi connectivity index (χ1n) is 5.80. The van der Waals surface area contributed by atoms with E-state index in [1.54, 1.807) is 31.2 Å². The van der Waals surface area contributed by atoms with Crippen molar-refractivity contribution in [2.75, 3.05) is 24.7 Å². The van der Waals surface area contributed by atoms with Crippen LogP contribution in [0.1, 0.15) is 17.3 Å². The number of sulfone groups is 1. The van der Waals surface area contributed by atoms with Crippen LogP contribution in [0.25, 0.3) is 0 Å². The quantitative estimate of drug-likeness (QED) is 0.806. The molecule has 0 aliphatic carbocycles. The van der Waals surface area contributed by atoms with Crippen LogP contribution >= 0.6 is 0 Å². The van der Waals surface area contributed by atoms with Crippen molar-refractivity contribution in [1.82, 2.24) is 0 Å². The Morgan fingerprint density at radius 2 is 1.95 bits per heavy atom. The Balaban J connectivity index is 2.53. The zero-order chi connectivity index (χ0) is 14.3. The summed E-state index contributed by atoms with van der Waals surface area (Å²) < 4.78 is 26.6. The summed E-state index contributed by atoms with van der Waals surface area (Å²) in [5, 5.41) is 4.16. The van der Waals surface area contributed by atoms with Gasteiger partial charge in [-0.2, -0.15) is 0 Å². The highest BCUT2D eigenvalue weighted by molar-refractivity contribution is 7.93. The van der Waals surface area contributed by atoms with Crippen LogP contribution in [0.15, 0.2) is 35.7 Å². The topological polar surface area (TPSA) is 72.5 Å². The third-order valence-corrected chi connectivity index (χ3v) is 2.85. The minimum absolute atomic E-state index is 0.342. The van der Waals surface area contributed by atoms with E-state index in [-0.39, 0.29) is 5.97 Å². The molecule has 1 aromatic rings. The highest BCUT2D eigenvalue weighted by Crippen LogP contribution is 2.10. The van der Waals surface area contributed by atoms with Gasteiger partial charge in [-0.15, -0.1) is 0 Å². The number of rotatable bonds is 6. The number of nitrogens with one attached hydrogen (secondary N) is 1. The van der Waals surface area contributed by atoms with Crippen LogP contribution in [0.4, 0.5) is 5.69 Å². The molecule has 0 aliphatic heterocycles. The number of carbonyl (C=O) groups is 1. The monoisotopic (exact) mass is 283 g/mol. The van der Waals surface area contributed by atoms with E-state index in [1.807, 2.05) is 0 Å². The number of esters is 1. The molecule has 1 aromatic carbocycles. The Morgan fingerprint density at radius 3 is 2.47 bits per heavy atom. The van der Waals surface area contributed by atoms with Gasteiger partial charge in [-0.25, -0.2) is 13.2 Å². The lowest BCUT2D eigenvalue weighted by molar-refractivity contribution is 0.0526. The van der Waals surface area contributed by atoms with E-state index >= 15 is 0 Å². The van der Waals surface area contributed by atoms with Crippen LogP contribution in [-0.2, 0) is 14.6 Å². The minimum atomic E-state index is -3.08.